The zero-order valence-corrected chi connectivity index (χ0v) is 13.3. The van der Waals surface area contributed by atoms with Gasteiger partial charge >= 0.3 is 0 Å². The minimum Gasteiger partial charge on any atom is -0.353 e. The Morgan fingerprint density at radius 3 is 2.80 bits per heavy atom. The minimum absolute atomic E-state index is 0.525. The zero-order chi connectivity index (χ0) is 14.2. The maximum atomic E-state index is 4.53. The first-order chi connectivity index (χ1) is 9.81. The molecule has 0 saturated heterocycles. The van der Waals surface area contributed by atoms with Gasteiger partial charge in [0.25, 0.3) is 0 Å². The van der Waals surface area contributed by atoms with Crippen LogP contribution in [-0.2, 0) is 0 Å². The van der Waals surface area contributed by atoms with Crippen LogP contribution >= 0.6 is 0 Å². The molecular weight excluding hydrogens is 246 g/mol. The Labute approximate surface area is 124 Å². The van der Waals surface area contributed by atoms with Crippen LogP contribution in [-0.4, -0.2) is 15.6 Å². The molecule has 1 fully saturated rings. The van der Waals surface area contributed by atoms with Crippen molar-refractivity contribution in [3.63, 3.8) is 0 Å². The zero-order valence-electron chi connectivity index (χ0n) is 13.3. The lowest BCUT2D eigenvalue weighted by molar-refractivity contribution is 0.355. The number of imidazole rings is 1. The predicted molar refractivity (Wildman–Crippen MR) is 86.2 cm³/mol. The van der Waals surface area contributed by atoms with Gasteiger partial charge in [0.15, 0.2) is 0 Å². The van der Waals surface area contributed by atoms with Gasteiger partial charge in [-0.2, -0.15) is 0 Å². The monoisotopic (exact) mass is 277 g/mol. The van der Waals surface area contributed by atoms with E-state index in [0.717, 1.165) is 5.95 Å². The van der Waals surface area contributed by atoms with Crippen molar-refractivity contribution in [3.8, 4) is 0 Å². The summed E-state index contributed by atoms with van der Waals surface area (Å²) in [6.07, 6.45) is 17.5. The summed E-state index contributed by atoms with van der Waals surface area (Å²) in [7, 11) is 0. The van der Waals surface area contributed by atoms with E-state index < -0.39 is 0 Å². The summed E-state index contributed by atoms with van der Waals surface area (Å²) >= 11 is 0. The second-order valence-electron chi connectivity index (χ2n) is 6.34. The molecule has 3 nitrogen and oxygen atoms in total. The van der Waals surface area contributed by atoms with Crippen LogP contribution in [0.2, 0.25) is 0 Å². The van der Waals surface area contributed by atoms with Crippen molar-refractivity contribution < 1.29 is 0 Å². The number of anilines is 1. The Balaban J connectivity index is 1.81. The lowest BCUT2D eigenvalue weighted by Crippen LogP contribution is -2.21. The summed E-state index contributed by atoms with van der Waals surface area (Å²) < 4.78 is 2.38. The first-order valence-electron chi connectivity index (χ1n) is 8.60. The van der Waals surface area contributed by atoms with Gasteiger partial charge in [-0.05, 0) is 26.2 Å². The maximum absolute atomic E-state index is 4.53. The van der Waals surface area contributed by atoms with Crippen LogP contribution in [0.4, 0.5) is 5.95 Å². The van der Waals surface area contributed by atoms with Crippen LogP contribution < -0.4 is 5.32 Å². The van der Waals surface area contributed by atoms with E-state index in [1.807, 2.05) is 6.20 Å². The van der Waals surface area contributed by atoms with E-state index in [-0.39, 0.29) is 0 Å². The first-order valence-corrected chi connectivity index (χ1v) is 8.60. The fourth-order valence-corrected chi connectivity index (χ4v) is 3.25. The molecule has 114 valence electrons. The van der Waals surface area contributed by atoms with Crippen molar-refractivity contribution in [1.82, 2.24) is 9.55 Å². The van der Waals surface area contributed by atoms with E-state index in [4.69, 9.17) is 0 Å². The molecule has 1 saturated carbocycles. The van der Waals surface area contributed by atoms with Gasteiger partial charge in [-0.3, -0.25) is 0 Å². The van der Waals surface area contributed by atoms with E-state index in [0.29, 0.717) is 12.1 Å². The van der Waals surface area contributed by atoms with E-state index in [2.05, 4.69) is 34.9 Å². The number of rotatable bonds is 8. The van der Waals surface area contributed by atoms with Crippen molar-refractivity contribution in [1.29, 1.82) is 0 Å². The van der Waals surface area contributed by atoms with Crippen molar-refractivity contribution in [2.45, 2.75) is 90.1 Å². The highest BCUT2D eigenvalue weighted by molar-refractivity contribution is 5.28. The molecule has 2 rings (SSSR count). The number of hydrogen-bond acceptors (Lipinski definition) is 2. The average Bonchev–Trinajstić information content (AvgIpc) is 2.92. The van der Waals surface area contributed by atoms with Crippen molar-refractivity contribution in [2.75, 3.05) is 5.32 Å². The summed E-state index contributed by atoms with van der Waals surface area (Å²) in [5.74, 6) is 1.08. The molecule has 3 heteroatoms. The van der Waals surface area contributed by atoms with Gasteiger partial charge in [0.05, 0.1) is 0 Å². The fraction of sp³-hybridized carbons (Fsp3) is 0.824. The standard InChI is InChI=1S/C17H31N3/c1-3-4-5-7-10-15(2)19-17-18-13-14-20(17)16-11-8-6-9-12-16/h13-16H,3-12H2,1-2H3,(H,18,19). The molecule has 0 bridgehead atoms. The molecule has 0 radical (unpaired) electrons. The third-order valence-electron chi connectivity index (χ3n) is 4.50. The number of nitrogens with one attached hydrogen (secondary N) is 1. The Morgan fingerprint density at radius 2 is 2.05 bits per heavy atom. The Hall–Kier alpha value is -0.990. The molecule has 1 aliphatic carbocycles. The molecule has 1 aromatic heterocycles. The summed E-state index contributed by atoms with van der Waals surface area (Å²) in [4.78, 5) is 4.53. The molecule has 20 heavy (non-hydrogen) atoms. The van der Waals surface area contributed by atoms with Crippen molar-refractivity contribution >= 4 is 5.95 Å². The third-order valence-corrected chi connectivity index (χ3v) is 4.50. The second kappa shape index (κ2) is 8.33. The first kappa shape index (κ1) is 15.4. The summed E-state index contributed by atoms with van der Waals surface area (Å²) in [6, 6.07) is 1.19. The summed E-state index contributed by atoms with van der Waals surface area (Å²) in [6.45, 7) is 4.55. The largest absolute Gasteiger partial charge is 0.353 e. The van der Waals surface area contributed by atoms with Crippen LogP contribution in [0.1, 0.15) is 84.1 Å². The van der Waals surface area contributed by atoms with Gasteiger partial charge in [0, 0.05) is 24.5 Å². The molecule has 1 N–H and O–H groups in total. The quantitative estimate of drug-likeness (QED) is 0.665. The fourth-order valence-electron chi connectivity index (χ4n) is 3.25. The van der Waals surface area contributed by atoms with Gasteiger partial charge in [0.2, 0.25) is 5.95 Å². The van der Waals surface area contributed by atoms with Gasteiger partial charge in [0.1, 0.15) is 0 Å². The molecule has 0 aromatic carbocycles. The van der Waals surface area contributed by atoms with E-state index in [1.54, 1.807) is 0 Å². The smallest absolute Gasteiger partial charge is 0.203 e. The Kier molecular flexibility index (Phi) is 6.41. The number of hydrogen-bond donors (Lipinski definition) is 1. The lowest BCUT2D eigenvalue weighted by Gasteiger charge is -2.26. The SMILES string of the molecule is CCCCCCC(C)Nc1nccn1C1CCCCC1. The lowest BCUT2D eigenvalue weighted by atomic mass is 9.95. The molecule has 1 heterocycles. The number of nitrogens with zero attached hydrogens (tertiary/aromatic N) is 2. The van der Waals surface area contributed by atoms with Crippen LogP contribution in [0.3, 0.4) is 0 Å². The van der Waals surface area contributed by atoms with E-state index in [1.165, 1.54) is 64.2 Å². The highest BCUT2D eigenvalue weighted by Gasteiger charge is 2.18. The molecule has 1 aromatic rings. The highest BCUT2D eigenvalue weighted by Crippen LogP contribution is 2.30. The predicted octanol–water partition coefficient (Wildman–Crippen LogP) is 5.16. The van der Waals surface area contributed by atoms with Crippen LogP contribution in [0.25, 0.3) is 0 Å². The third kappa shape index (κ3) is 4.53. The van der Waals surface area contributed by atoms with Crippen LogP contribution in [0.5, 0.6) is 0 Å². The van der Waals surface area contributed by atoms with E-state index >= 15 is 0 Å². The maximum Gasteiger partial charge on any atom is 0.203 e. The normalized spacial score (nSPS) is 18.1. The topological polar surface area (TPSA) is 29.9 Å². The Bertz CT molecular complexity index is 366. The Morgan fingerprint density at radius 1 is 1.25 bits per heavy atom. The molecule has 0 aliphatic heterocycles. The highest BCUT2D eigenvalue weighted by atomic mass is 15.2. The minimum atomic E-state index is 0.525. The second-order valence-corrected chi connectivity index (χ2v) is 6.34. The number of unbranched alkanes of at least 4 members (excludes halogenated alkanes) is 3. The molecule has 0 amide bonds. The van der Waals surface area contributed by atoms with Crippen molar-refractivity contribution in [2.24, 2.45) is 0 Å². The average molecular weight is 277 g/mol. The van der Waals surface area contributed by atoms with Crippen LogP contribution in [0.15, 0.2) is 12.4 Å². The van der Waals surface area contributed by atoms with Gasteiger partial charge in [-0.25, -0.2) is 4.98 Å². The molecule has 1 unspecified atom stereocenters. The molecule has 0 spiro atoms. The summed E-state index contributed by atoms with van der Waals surface area (Å²) in [5.41, 5.74) is 0. The van der Waals surface area contributed by atoms with Crippen LogP contribution in [0, 0.1) is 0 Å². The number of aromatic nitrogens is 2. The van der Waals surface area contributed by atoms with Gasteiger partial charge in [-0.1, -0.05) is 51.9 Å². The van der Waals surface area contributed by atoms with Gasteiger partial charge in [-0.15, -0.1) is 0 Å². The van der Waals surface area contributed by atoms with E-state index in [9.17, 15) is 0 Å². The summed E-state index contributed by atoms with van der Waals surface area (Å²) in [5, 5.41) is 3.62. The van der Waals surface area contributed by atoms with Gasteiger partial charge < -0.3 is 9.88 Å². The molecule has 1 atom stereocenters. The molecule has 1 aliphatic rings. The molecular formula is C17H31N3. The van der Waals surface area contributed by atoms with Crippen molar-refractivity contribution in [3.05, 3.63) is 12.4 Å².